The predicted octanol–water partition coefficient (Wildman–Crippen LogP) is 0.219. The van der Waals surface area contributed by atoms with E-state index in [2.05, 4.69) is 5.32 Å². The summed E-state index contributed by atoms with van der Waals surface area (Å²) in [6, 6.07) is -1.01. The molecule has 1 saturated heterocycles. The Morgan fingerprint density at radius 3 is 2.26 bits per heavy atom. The standard InChI is InChI=1S/C20H28N4O7/c1-12(25)22-9-5-8-14(11-22)24-19(30)16(17(28)21-10-15(26)27)18(29)23(20(24)31)13-6-3-2-4-7-13/h13-14,30H,2-11H2,1H3,(H,21,28)(H,26,27)/t14-/m0/s1. The molecule has 2 amide bonds. The molecule has 0 unspecified atom stereocenters. The first-order valence-electron chi connectivity index (χ1n) is 10.6. The fourth-order valence-electron chi connectivity index (χ4n) is 4.51. The van der Waals surface area contributed by atoms with Crippen LogP contribution in [0.4, 0.5) is 0 Å². The number of amides is 2. The molecule has 1 atom stereocenters. The van der Waals surface area contributed by atoms with Crippen LogP contribution in [0.25, 0.3) is 0 Å². The van der Waals surface area contributed by atoms with Crippen LogP contribution in [-0.2, 0) is 9.59 Å². The molecule has 0 spiro atoms. The summed E-state index contributed by atoms with van der Waals surface area (Å²) in [5, 5.41) is 21.8. The number of aliphatic carboxylic acids is 1. The van der Waals surface area contributed by atoms with Crippen LogP contribution in [0.1, 0.15) is 74.3 Å². The highest BCUT2D eigenvalue weighted by Gasteiger charge is 2.33. The van der Waals surface area contributed by atoms with E-state index < -0.39 is 53.2 Å². The van der Waals surface area contributed by atoms with Gasteiger partial charge in [0, 0.05) is 26.1 Å². The molecule has 1 aromatic rings. The number of carbonyl (C=O) groups is 3. The summed E-state index contributed by atoms with van der Waals surface area (Å²) in [6.07, 6.45) is 4.93. The van der Waals surface area contributed by atoms with Crippen molar-refractivity contribution in [1.29, 1.82) is 0 Å². The maximum Gasteiger partial charge on any atom is 0.334 e. The molecule has 3 rings (SSSR count). The fraction of sp³-hybridized carbons (Fsp3) is 0.650. The monoisotopic (exact) mass is 436 g/mol. The Bertz CT molecular complexity index is 990. The molecule has 2 heterocycles. The number of nitrogens with zero attached hydrogens (tertiary/aromatic N) is 3. The van der Waals surface area contributed by atoms with E-state index in [9.17, 15) is 29.1 Å². The average Bonchev–Trinajstić information content (AvgIpc) is 2.73. The lowest BCUT2D eigenvalue weighted by atomic mass is 9.95. The Morgan fingerprint density at radius 2 is 1.65 bits per heavy atom. The largest absolute Gasteiger partial charge is 0.494 e. The van der Waals surface area contributed by atoms with Crippen LogP contribution in [0, 0.1) is 0 Å². The maximum atomic E-state index is 13.4. The zero-order valence-corrected chi connectivity index (χ0v) is 17.5. The Balaban J connectivity index is 2.14. The molecule has 2 aliphatic rings. The lowest BCUT2D eigenvalue weighted by Gasteiger charge is -2.34. The van der Waals surface area contributed by atoms with Crippen LogP contribution < -0.4 is 16.6 Å². The number of likely N-dealkylation sites (tertiary alicyclic amines) is 1. The SMILES string of the molecule is CC(=O)N1CCC[C@H](n2c(O)c(C(=O)NCC(=O)O)c(=O)n(C3CCCCC3)c2=O)C1. The molecule has 11 nitrogen and oxygen atoms in total. The molecule has 11 heteroatoms. The predicted molar refractivity (Wildman–Crippen MR) is 109 cm³/mol. The number of aromatic nitrogens is 2. The summed E-state index contributed by atoms with van der Waals surface area (Å²) in [6.45, 7) is 1.37. The summed E-state index contributed by atoms with van der Waals surface area (Å²) >= 11 is 0. The smallest absolute Gasteiger partial charge is 0.334 e. The number of carboxylic acids is 1. The number of hydrogen-bond acceptors (Lipinski definition) is 6. The lowest BCUT2D eigenvalue weighted by Crippen LogP contribution is -2.50. The van der Waals surface area contributed by atoms with Crippen LogP contribution in [0.2, 0.25) is 0 Å². The minimum Gasteiger partial charge on any atom is -0.494 e. The highest BCUT2D eigenvalue weighted by molar-refractivity contribution is 5.97. The number of piperidine rings is 1. The van der Waals surface area contributed by atoms with E-state index in [1.54, 1.807) is 4.90 Å². The molecule has 0 bridgehead atoms. The molecular weight excluding hydrogens is 408 g/mol. The Morgan fingerprint density at radius 1 is 1.00 bits per heavy atom. The van der Waals surface area contributed by atoms with Gasteiger partial charge >= 0.3 is 11.7 Å². The van der Waals surface area contributed by atoms with Gasteiger partial charge in [0.25, 0.3) is 11.5 Å². The van der Waals surface area contributed by atoms with Gasteiger partial charge in [0.2, 0.25) is 11.8 Å². The van der Waals surface area contributed by atoms with E-state index >= 15 is 0 Å². The molecule has 2 fully saturated rings. The maximum absolute atomic E-state index is 13.4. The van der Waals surface area contributed by atoms with E-state index in [-0.39, 0.29) is 12.5 Å². The topological polar surface area (TPSA) is 151 Å². The van der Waals surface area contributed by atoms with Gasteiger partial charge in [0.1, 0.15) is 6.54 Å². The molecule has 0 radical (unpaired) electrons. The van der Waals surface area contributed by atoms with Crippen LogP contribution in [-0.4, -0.2) is 61.7 Å². The van der Waals surface area contributed by atoms with E-state index in [0.29, 0.717) is 32.2 Å². The van der Waals surface area contributed by atoms with Crippen LogP contribution >= 0.6 is 0 Å². The molecule has 3 N–H and O–H groups in total. The van der Waals surface area contributed by atoms with Gasteiger partial charge in [-0.25, -0.2) is 4.79 Å². The molecule has 1 aliphatic heterocycles. The quantitative estimate of drug-likeness (QED) is 0.597. The van der Waals surface area contributed by atoms with Crippen LogP contribution in [0.3, 0.4) is 0 Å². The zero-order valence-electron chi connectivity index (χ0n) is 17.5. The number of aromatic hydroxyl groups is 1. The summed E-state index contributed by atoms with van der Waals surface area (Å²) in [7, 11) is 0. The van der Waals surface area contributed by atoms with Gasteiger partial charge in [-0.1, -0.05) is 19.3 Å². The normalized spacial score (nSPS) is 19.8. The first-order valence-corrected chi connectivity index (χ1v) is 10.6. The summed E-state index contributed by atoms with van der Waals surface area (Å²) in [4.78, 5) is 63.3. The van der Waals surface area contributed by atoms with Crippen molar-refractivity contribution in [3.63, 3.8) is 0 Å². The summed E-state index contributed by atoms with van der Waals surface area (Å²) < 4.78 is 2.06. The van der Waals surface area contributed by atoms with Gasteiger partial charge in [-0.15, -0.1) is 0 Å². The molecule has 1 aromatic heterocycles. The summed E-state index contributed by atoms with van der Waals surface area (Å²) in [5.41, 5.74) is -2.28. The number of carbonyl (C=O) groups excluding carboxylic acids is 2. The van der Waals surface area contributed by atoms with Gasteiger partial charge in [0.05, 0.1) is 6.04 Å². The third-order valence-corrected chi connectivity index (χ3v) is 6.07. The van der Waals surface area contributed by atoms with Gasteiger partial charge in [-0.05, 0) is 25.7 Å². The van der Waals surface area contributed by atoms with E-state index in [4.69, 9.17) is 5.11 Å². The number of carboxylic acid groups (broad SMARTS) is 1. The minimum absolute atomic E-state index is 0.169. The van der Waals surface area contributed by atoms with Crippen molar-refractivity contribution in [3.05, 3.63) is 26.4 Å². The zero-order chi connectivity index (χ0) is 22.7. The molecule has 1 saturated carbocycles. The third kappa shape index (κ3) is 4.64. The highest BCUT2D eigenvalue weighted by atomic mass is 16.4. The second kappa shape index (κ2) is 9.36. The highest BCUT2D eigenvalue weighted by Crippen LogP contribution is 2.29. The van der Waals surface area contributed by atoms with Crippen molar-refractivity contribution in [2.75, 3.05) is 19.6 Å². The molecule has 0 aromatic carbocycles. The fourth-order valence-corrected chi connectivity index (χ4v) is 4.51. The van der Waals surface area contributed by atoms with Gasteiger partial charge in [-0.2, -0.15) is 0 Å². The van der Waals surface area contributed by atoms with Crippen LogP contribution in [0.5, 0.6) is 5.88 Å². The molecule has 1 aliphatic carbocycles. The van der Waals surface area contributed by atoms with Gasteiger partial charge in [0.15, 0.2) is 5.56 Å². The average molecular weight is 436 g/mol. The summed E-state index contributed by atoms with van der Waals surface area (Å²) in [5.74, 6) is -3.32. The van der Waals surface area contributed by atoms with Crippen molar-refractivity contribution in [2.45, 2.75) is 64.0 Å². The molecule has 170 valence electrons. The second-order valence-corrected chi connectivity index (χ2v) is 8.16. The second-order valence-electron chi connectivity index (χ2n) is 8.16. The van der Waals surface area contributed by atoms with Gasteiger partial charge in [-0.3, -0.25) is 28.3 Å². The minimum atomic E-state index is -1.31. The van der Waals surface area contributed by atoms with Crippen molar-refractivity contribution in [1.82, 2.24) is 19.4 Å². The number of nitrogens with one attached hydrogen (secondary N) is 1. The Kier molecular flexibility index (Phi) is 6.81. The number of rotatable bonds is 5. The van der Waals surface area contributed by atoms with E-state index in [0.717, 1.165) is 28.4 Å². The molecule has 31 heavy (non-hydrogen) atoms. The van der Waals surface area contributed by atoms with Crippen molar-refractivity contribution >= 4 is 17.8 Å². The first-order chi connectivity index (χ1) is 14.7. The van der Waals surface area contributed by atoms with Crippen LogP contribution in [0.15, 0.2) is 9.59 Å². The van der Waals surface area contributed by atoms with E-state index in [1.807, 2.05) is 0 Å². The van der Waals surface area contributed by atoms with Crippen molar-refractivity contribution in [2.24, 2.45) is 0 Å². The van der Waals surface area contributed by atoms with Gasteiger partial charge < -0.3 is 20.4 Å². The van der Waals surface area contributed by atoms with E-state index in [1.165, 1.54) is 6.92 Å². The molecular formula is C20H28N4O7. The number of hydrogen-bond donors (Lipinski definition) is 3. The van der Waals surface area contributed by atoms with Crippen molar-refractivity contribution in [3.8, 4) is 5.88 Å². The first kappa shape index (κ1) is 22.6. The third-order valence-electron chi connectivity index (χ3n) is 6.07. The Labute approximate surface area is 178 Å². The Hall–Kier alpha value is -3.11. The lowest BCUT2D eigenvalue weighted by molar-refractivity contribution is -0.135. The van der Waals surface area contributed by atoms with Crippen molar-refractivity contribution < 1.29 is 24.6 Å².